The van der Waals surface area contributed by atoms with Crippen LogP contribution in [0.3, 0.4) is 0 Å². The van der Waals surface area contributed by atoms with Crippen molar-refractivity contribution in [3.8, 4) is 11.5 Å². The van der Waals surface area contributed by atoms with Gasteiger partial charge >= 0.3 is 0 Å². The average molecular weight is 413 g/mol. The SMILES string of the molecule is COc1ccc([N+](=O)[O-])cc1NC(=O)C(C)N1CCCC(COc2ccccc2)C1. The molecule has 1 saturated heterocycles. The summed E-state index contributed by atoms with van der Waals surface area (Å²) in [5.41, 5.74) is 0.194. The third kappa shape index (κ3) is 5.48. The molecule has 0 aliphatic carbocycles. The number of rotatable bonds is 8. The first kappa shape index (κ1) is 21.6. The smallest absolute Gasteiger partial charge is 0.271 e. The van der Waals surface area contributed by atoms with Crippen molar-refractivity contribution in [2.75, 3.05) is 32.1 Å². The maximum atomic E-state index is 12.8. The van der Waals surface area contributed by atoms with Crippen molar-refractivity contribution in [3.05, 3.63) is 58.6 Å². The number of likely N-dealkylation sites (tertiary alicyclic amines) is 1. The van der Waals surface area contributed by atoms with Crippen molar-refractivity contribution >= 4 is 17.3 Å². The fourth-order valence-corrected chi connectivity index (χ4v) is 3.63. The summed E-state index contributed by atoms with van der Waals surface area (Å²) in [5.74, 6) is 1.34. The molecule has 2 aromatic rings. The van der Waals surface area contributed by atoms with Crippen LogP contribution in [0.15, 0.2) is 48.5 Å². The fraction of sp³-hybridized carbons (Fsp3) is 0.409. The summed E-state index contributed by atoms with van der Waals surface area (Å²) in [6.07, 6.45) is 2.04. The number of nitro groups is 1. The number of piperidine rings is 1. The molecule has 3 rings (SSSR count). The number of benzene rings is 2. The Morgan fingerprint density at radius 1 is 1.30 bits per heavy atom. The first-order valence-corrected chi connectivity index (χ1v) is 10.0. The van der Waals surface area contributed by atoms with Gasteiger partial charge in [-0.2, -0.15) is 0 Å². The molecule has 1 fully saturated rings. The molecule has 2 unspecified atom stereocenters. The van der Waals surface area contributed by atoms with Gasteiger partial charge in [0.15, 0.2) is 0 Å². The number of carbonyl (C=O) groups excluding carboxylic acids is 1. The molecule has 2 aromatic carbocycles. The van der Waals surface area contributed by atoms with Crippen LogP contribution in [0.1, 0.15) is 19.8 Å². The second kappa shape index (κ2) is 10.1. The average Bonchev–Trinajstić information content (AvgIpc) is 2.78. The van der Waals surface area contributed by atoms with Gasteiger partial charge in [-0.25, -0.2) is 0 Å². The summed E-state index contributed by atoms with van der Waals surface area (Å²) in [7, 11) is 1.46. The molecule has 0 saturated carbocycles. The van der Waals surface area contributed by atoms with E-state index in [1.165, 1.54) is 25.3 Å². The van der Waals surface area contributed by atoms with Crippen molar-refractivity contribution in [3.63, 3.8) is 0 Å². The third-order valence-electron chi connectivity index (χ3n) is 5.36. The van der Waals surface area contributed by atoms with E-state index in [1.54, 1.807) is 0 Å². The van der Waals surface area contributed by atoms with Crippen molar-refractivity contribution in [1.82, 2.24) is 4.90 Å². The normalized spacial score (nSPS) is 17.7. The maximum Gasteiger partial charge on any atom is 0.271 e. The molecule has 0 aromatic heterocycles. The zero-order chi connectivity index (χ0) is 21.5. The van der Waals surface area contributed by atoms with Crippen LogP contribution in [0, 0.1) is 16.0 Å². The third-order valence-corrected chi connectivity index (χ3v) is 5.36. The molecule has 8 heteroatoms. The number of nitrogens with one attached hydrogen (secondary N) is 1. The second-order valence-electron chi connectivity index (χ2n) is 7.43. The van der Waals surface area contributed by atoms with E-state index in [2.05, 4.69) is 10.2 Å². The molecule has 2 atom stereocenters. The highest BCUT2D eigenvalue weighted by atomic mass is 16.6. The number of para-hydroxylation sites is 1. The van der Waals surface area contributed by atoms with Gasteiger partial charge in [0, 0.05) is 24.6 Å². The van der Waals surface area contributed by atoms with E-state index in [4.69, 9.17) is 9.47 Å². The highest BCUT2D eigenvalue weighted by molar-refractivity contribution is 5.96. The molecule has 0 radical (unpaired) electrons. The summed E-state index contributed by atoms with van der Waals surface area (Å²) < 4.78 is 11.1. The van der Waals surface area contributed by atoms with Gasteiger partial charge in [0.1, 0.15) is 11.5 Å². The van der Waals surface area contributed by atoms with Crippen LogP contribution in [0.2, 0.25) is 0 Å². The Labute approximate surface area is 175 Å². The number of hydrogen-bond donors (Lipinski definition) is 1. The molecule has 1 aliphatic heterocycles. The Morgan fingerprint density at radius 2 is 2.07 bits per heavy atom. The van der Waals surface area contributed by atoms with Crippen LogP contribution in [0.5, 0.6) is 11.5 Å². The highest BCUT2D eigenvalue weighted by Crippen LogP contribution is 2.29. The zero-order valence-corrected chi connectivity index (χ0v) is 17.2. The van der Waals surface area contributed by atoms with Gasteiger partial charge in [0.2, 0.25) is 5.91 Å². The molecule has 0 spiro atoms. The minimum Gasteiger partial charge on any atom is -0.495 e. The van der Waals surface area contributed by atoms with Gasteiger partial charge in [-0.15, -0.1) is 0 Å². The monoisotopic (exact) mass is 413 g/mol. The van der Waals surface area contributed by atoms with E-state index in [0.717, 1.165) is 31.7 Å². The predicted molar refractivity (Wildman–Crippen MR) is 114 cm³/mol. The van der Waals surface area contributed by atoms with Crippen molar-refractivity contribution in [2.24, 2.45) is 5.92 Å². The predicted octanol–water partition coefficient (Wildman–Crippen LogP) is 3.72. The van der Waals surface area contributed by atoms with E-state index in [9.17, 15) is 14.9 Å². The van der Waals surface area contributed by atoms with E-state index in [0.29, 0.717) is 24.0 Å². The van der Waals surface area contributed by atoms with Gasteiger partial charge < -0.3 is 14.8 Å². The molecular formula is C22H27N3O5. The van der Waals surface area contributed by atoms with Crippen LogP contribution < -0.4 is 14.8 Å². The fourth-order valence-electron chi connectivity index (χ4n) is 3.63. The van der Waals surface area contributed by atoms with E-state index < -0.39 is 4.92 Å². The topological polar surface area (TPSA) is 93.9 Å². The summed E-state index contributed by atoms with van der Waals surface area (Å²) >= 11 is 0. The lowest BCUT2D eigenvalue weighted by molar-refractivity contribution is -0.384. The second-order valence-corrected chi connectivity index (χ2v) is 7.43. The molecule has 30 heavy (non-hydrogen) atoms. The van der Waals surface area contributed by atoms with Crippen molar-refractivity contribution in [2.45, 2.75) is 25.8 Å². The largest absolute Gasteiger partial charge is 0.495 e. The van der Waals surface area contributed by atoms with Crippen LogP contribution in [0.25, 0.3) is 0 Å². The van der Waals surface area contributed by atoms with Gasteiger partial charge in [0.05, 0.1) is 30.4 Å². The van der Waals surface area contributed by atoms with Gasteiger partial charge in [-0.3, -0.25) is 19.8 Å². The Balaban J connectivity index is 1.60. The Morgan fingerprint density at radius 3 is 2.77 bits per heavy atom. The van der Waals surface area contributed by atoms with E-state index >= 15 is 0 Å². The maximum absolute atomic E-state index is 12.8. The summed E-state index contributed by atoms with van der Waals surface area (Å²) in [5, 5.41) is 13.8. The lowest BCUT2D eigenvalue weighted by atomic mass is 9.97. The van der Waals surface area contributed by atoms with Crippen LogP contribution in [-0.2, 0) is 4.79 Å². The Bertz CT molecular complexity index is 874. The molecule has 160 valence electrons. The summed E-state index contributed by atoms with van der Waals surface area (Å²) in [6.45, 7) is 4.03. The molecule has 1 N–H and O–H groups in total. The first-order valence-electron chi connectivity index (χ1n) is 10.0. The number of methoxy groups -OCH3 is 1. The Kier molecular flexibility index (Phi) is 7.24. The minimum atomic E-state index is -0.500. The van der Waals surface area contributed by atoms with Gasteiger partial charge in [0.25, 0.3) is 5.69 Å². The molecule has 0 bridgehead atoms. The number of nitrogens with zero attached hydrogens (tertiary/aromatic N) is 2. The van der Waals surface area contributed by atoms with Crippen molar-refractivity contribution < 1.29 is 19.2 Å². The number of non-ortho nitro benzene ring substituents is 1. The number of anilines is 1. The number of amides is 1. The van der Waals surface area contributed by atoms with Crippen LogP contribution in [-0.4, -0.2) is 48.6 Å². The lowest BCUT2D eigenvalue weighted by Crippen LogP contribution is -2.48. The zero-order valence-electron chi connectivity index (χ0n) is 17.2. The molecule has 1 heterocycles. The number of ether oxygens (including phenoxy) is 2. The quantitative estimate of drug-likeness (QED) is 0.524. The van der Waals surface area contributed by atoms with Crippen LogP contribution in [0.4, 0.5) is 11.4 Å². The number of carbonyl (C=O) groups is 1. The Hall–Kier alpha value is -3.13. The number of nitro benzene ring substituents is 1. The number of hydrogen-bond acceptors (Lipinski definition) is 6. The van der Waals surface area contributed by atoms with Gasteiger partial charge in [-0.1, -0.05) is 18.2 Å². The minimum absolute atomic E-state index is 0.102. The van der Waals surface area contributed by atoms with E-state index in [1.807, 2.05) is 37.3 Å². The van der Waals surface area contributed by atoms with Gasteiger partial charge in [-0.05, 0) is 44.5 Å². The summed E-state index contributed by atoms with van der Waals surface area (Å²) in [4.78, 5) is 25.5. The van der Waals surface area contributed by atoms with Crippen molar-refractivity contribution in [1.29, 1.82) is 0 Å². The molecule has 1 amide bonds. The molecular weight excluding hydrogens is 386 g/mol. The summed E-state index contributed by atoms with van der Waals surface area (Å²) in [6, 6.07) is 13.5. The first-order chi connectivity index (χ1) is 14.5. The highest BCUT2D eigenvalue weighted by Gasteiger charge is 2.28. The molecule has 8 nitrogen and oxygen atoms in total. The lowest BCUT2D eigenvalue weighted by Gasteiger charge is -2.36. The standard InChI is InChI=1S/C22H27N3O5/c1-16(22(26)23-20-13-18(25(27)28)10-11-21(20)29-2)24-12-6-7-17(14-24)15-30-19-8-4-3-5-9-19/h3-5,8-11,13,16-17H,6-7,12,14-15H2,1-2H3,(H,23,26). The van der Waals surface area contributed by atoms with Crippen LogP contribution >= 0.6 is 0 Å². The van der Waals surface area contributed by atoms with E-state index in [-0.39, 0.29) is 17.6 Å². The molecule has 1 aliphatic rings.